The average Bonchev–Trinajstić information content (AvgIpc) is 2.66. The highest BCUT2D eigenvalue weighted by Crippen LogP contribution is 2.34. The van der Waals surface area contributed by atoms with Gasteiger partial charge < -0.3 is 15.0 Å². The molecule has 1 aromatic rings. The Kier molecular flexibility index (Phi) is 4.65. The van der Waals surface area contributed by atoms with Crippen molar-refractivity contribution in [3.63, 3.8) is 0 Å². The van der Waals surface area contributed by atoms with E-state index in [4.69, 9.17) is 15.0 Å². The molecule has 2 N–H and O–H groups in total. The molecule has 0 saturated heterocycles. The Morgan fingerprint density at radius 1 is 1.41 bits per heavy atom. The van der Waals surface area contributed by atoms with E-state index >= 15 is 0 Å². The van der Waals surface area contributed by atoms with Crippen molar-refractivity contribution in [1.82, 2.24) is 10.1 Å². The molecular formula is C12H23N3O2. The topological polar surface area (TPSA) is 74.2 Å². The lowest BCUT2D eigenvalue weighted by Crippen LogP contribution is -2.21. The Morgan fingerprint density at radius 2 is 2.06 bits per heavy atom. The Morgan fingerprint density at radius 3 is 2.53 bits per heavy atom. The van der Waals surface area contributed by atoms with E-state index in [1.54, 1.807) is 7.11 Å². The summed E-state index contributed by atoms with van der Waals surface area (Å²) < 4.78 is 10.6. The SMILES string of the molecule is CCC[C@@H](N)c1nc(C(OC)C(C)(C)C)no1. The number of hydrogen-bond donors (Lipinski definition) is 1. The van der Waals surface area contributed by atoms with Crippen molar-refractivity contribution in [2.24, 2.45) is 11.1 Å². The number of rotatable bonds is 5. The van der Waals surface area contributed by atoms with Crippen molar-refractivity contribution in [3.05, 3.63) is 11.7 Å². The van der Waals surface area contributed by atoms with Gasteiger partial charge in [-0.05, 0) is 11.8 Å². The third kappa shape index (κ3) is 3.51. The van der Waals surface area contributed by atoms with Gasteiger partial charge in [-0.25, -0.2) is 0 Å². The molecule has 1 rings (SSSR count). The summed E-state index contributed by atoms with van der Waals surface area (Å²) in [5, 5.41) is 3.97. The van der Waals surface area contributed by atoms with E-state index in [2.05, 4.69) is 37.8 Å². The lowest BCUT2D eigenvalue weighted by Gasteiger charge is -2.26. The molecule has 2 atom stereocenters. The second kappa shape index (κ2) is 5.60. The molecule has 0 saturated carbocycles. The van der Waals surface area contributed by atoms with E-state index in [0.717, 1.165) is 12.8 Å². The minimum Gasteiger partial charge on any atom is -0.373 e. The summed E-state index contributed by atoms with van der Waals surface area (Å²) in [6.07, 6.45) is 1.65. The number of nitrogens with two attached hydrogens (primary N) is 1. The second-order valence-corrected chi connectivity index (χ2v) is 5.37. The second-order valence-electron chi connectivity index (χ2n) is 5.37. The fourth-order valence-corrected chi connectivity index (χ4v) is 1.79. The Hall–Kier alpha value is -0.940. The van der Waals surface area contributed by atoms with Gasteiger partial charge in [-0.3, -0.25) is 0 Å². The molecule has 17 heavy (non-hydrogen) atoms. The quantitative estimate of drug-likeness (QED) is 0.857. The summed E-state index contributed by atoms with van der Waals surface area (Å²) in [5.41, 5.74) is 5.85. The van der Waals surface area contributed by atoms with Gasteiger partial charge in [-0.15, -0.1) is 0 Å². The highest BCUT2D eigenvalue weighted by Gasteiger charge is 2.31. The van der Waals surface area contributed by atoms with Crippen molar-refractivity contribution in [1.29, 1.82) is 0 Å². The summed E-state index contributed by atoms with van der Waals surface area (Å²) in [6, 6.07) is -0.182. The molecule has 0 aliphatic carbocycles. The van der Waals surface area contributed by atoms with Crippen LogP contribution < -0.4 is 5.73 Å². The summed E-state index contributed by atoms with van der Waals surface area (Å²) in [7, 11) is 1.65. The van der Waals surface area contributed by atoms with Crippen LogP contribution in [-0.4, -0.2) is 17.3 Å². The summed E-state index contributed by atoms with van der Waals surface area (Å²) in [6.45, 7) is 8.29. The van der Waals surface area contributed by atoms with Gasteiger partial charge in [0.1, 0.15) is 6.10 Å². The zero-order valence-electron chi connectivity index (χ0n) is 11.4. The maximum Gasteiger partial charge on any atom is 0.243 e. The predicted molar refractivity (Wildman–Crippen MR) is 65.3 cm³/mol. The van der Waals surface area contributed by atoms with Crippen LogP contribution in [0.2, 0.25) is 0 Å². The summed E-state index contributed by atoms with van der Waals surface area (Å²) >= 11 is 0. The molecule has 0 aromatic carbocycles. The van der Waals surface area contributed by atoms with Gasteiger partial charge in [0.2, 0.25) is 11.7 Å². The van der Waals surface area contributed by atoms with Crippen LogP contribution in [0.4, 0.5) is 0 Å². The Bertz CT molecular complexity index is 344. The zero-order chi connectivity index (χ0) is 13.1. The first-order chi connectivity index (χ1) is 7.90. The van der Waals surface area contributed by atoms with Crippen molar-refractivity contribution in [2.75, 3.05) is 7.11 Å². The van der Waals surface area contributed by atoms with Crippen molar-refractivity contribution in [2.45, 2.75) is 52.7 Å². The molecule has 1 aromatic heterocycles. The number of nitrogens with zero attached hydrogens (tertiary/aromatic N) is 2. The lowest BCUT2D eigenvalue weighted by atomic mass is 9.88. The minimum atomic E-state index is -0.186. The Balaban J connectivity index is 2.86. The first-order valence-corrected chi connectivity index (χ1v) is 6.02. The largest absolute Gasteiger partial charge is 0.373 e. The fraction of sp³-hybridized carbons (Fsp3) is 0.833. The fourth-order valence-electron chi connectivity index (χ4n) is 1.79. The van der Waals surface area contributed by atoms with Gasteiger partial charge in [0.15, 0.2) is 0 Å². The molecule has 1 heterocycles. The smallest absolute Gasteiger partial charge is 0.243 e. The first kappa shape index (κ1) is 14.1. The summed E-state index contributed by atoms with van der Waals surface area (Å²) in [4.78, 5) is 4.34. The number of aromatic nitrogens is 2. The molecule has 1 unspecified atom stereocenters. The van der Waals surface area contributed by atoms with Crippen LogP contribution in [0.25, 0.3) is 0 Å². The van der Waals surface area contributed by atoms with E-state index in [1.165, 1.54) is 0 Å². The van der Waals surface area contributed by atoms with Crippen molar-refractivity contribution < 1.29 is 9.26 Å². The highest BCUT2D eigenvalue weighted by atomic mass is 16.5. The lowest BCUT2D eigenvalue weighted by molar-refractivity contribution is 0.00718. The van der Waals surface area contributed by atoms with Crippen LogP contribution in [0.5, 0.6) is 0 Å². The van der Waals surface area contributed by atoms with Gasteiger partial charge in [0.25, 0.3) is 0 Å². The standard InChI is InChI=1S/C12H23N3O2/c1-6-7-8(13)11-14-10(15-17-11)9(16-5)12(2,3)4/h8-9H,6-7,13H2,1-5H3/t8-,9?/m1/s1. The maximum atomic E-state index is 5.93. The minimum absolute atomic E-state index is 0.0786. The van der Waals surface area contributed by atoms with Crippen LogP contribution in [0.15, 0.2) is 4.52 Å². The molecule has 0 spiro atoms. The number of methoxy groups -OCH3 is 1. The molecule has 0 aliphatic rings. The van der Waals surface area contributed by atoms with Crippen LogP contribution >= 0.6 is 0 Å². The van der Waals surface area contributed by atoms with E-state index in [-0.39, 0.29) is 17.6 Å². The maximum absolute atomic E-state index is 5.93. The summed E-state index contributed by atoms with van der Waals surface area (Å²) in [5.74, 6) is 1.06. The van der Waals surface area contributed by atoms with E-state index in [9.17, 15) is 0 Å². The third-order valence-corrected chi connectivity index (χ3v) is 2.63. The van der Waals surface area contributed by atoms with Crippen LogP contribution in [0.1, 0.15) is 64.4 Å². The van der Waals surface area contributed by atoms with E-state index in [0.29, 0.717) is 11.7 Å². The molecule has 98 valence electrons. The van der Waals surface area contributed by atoms with Crippen LogP contribution in [0, 0.1) is 5.41 Å². The van der Waals surface area contributed by atoms with Gasteiger partial charge in [-0.1, -0.05) is 39.3 Å². The molecule has 0 aliphatic heterocycles. The molecule has 0 fully saturated rings. The van der Waals surface area contributed by atoms with Gasteiger partial charge >= 0.3 is 0 Å². The van der Waals surface area contributed by atoms with E-state index < -0.39 is 0 Å². The van der Waals surface area contributed by atoms with Crippen molar-refractivity contribution >= 4 is 0 Å². The van der Waals surface area contributed by atoms with Crippen LogP contribution in [0.3, 0.4) is 0 Å². The highest BCUT2D eigenvalue weighted by molar-refractivity contribution is 4.98. The van der Waals surface area contributed by atoms with Crippen molar-refractivity contribution in [3.8, 4) is 0 Å². The molecule has 0 amide bonds. The normalized spacial score (nSPS) is 15.9. The molecule has 5 nitrogen and oxygen atoms in total. The predicted octanol–water partition coefficient (Wildman–Crippen LogP) is 2.60. The molecular weight excluding hydrogens is 218 g/mol. The molecule has 0 bridgehead atoms. The first-order valence-electron chi connectivity index (χ1n) is 6.02. The Labute approximate surface area is 103 Å². The average molecular weight is 241 g/mol. The van der Waals surface area contributed by atoms with Crippen LogP contribution in [-0.2, 0) is 4.74 Å². The molecule has 5 heteroatoms. The zero-order valence-corrected chi connectivity index (χ0v) is 11.4. The van der Waals surface area contributed by atoms with Gasteiger partial charge in [0, 0.05) is 7.11 Å². The van der Waals surface area contributed by atoms with Gasteiger partial charge in [0.05, 0.1) is 6.04 Å². The molecule has 0 radical (unpaired) electrons. The van der Waals surface area contributed by atoms with Gasteiger partial charge in [-0.2, -0.15) is 4.98 Å². The monoisotopic (exact) mass is 241 g/mol. The third-order valence-electron chi connectivity index (χ3n) is 2.63. The number of ether oxygens (including phenoxy) is 1. The number of hydrogen-bond acceptors (Lipinski definition) is 5. The van der Waals surface area contributed by atoms with E-state index in [1.807, 2.05) is 0 Å².